The van der Waals surface area contributed by atoms with Crippen molar-refractivity contribution in [3.63, 3.8) is 0 Å². The van der Waals surface area contributed by atoms with Crippen molar-refractivity contribution in [2.45, 2.75) is 62.0 Å². The number of rotatable bonds is 7. The Bertz CT molecular complexity index is 900. The second-order valence-electron chi connectivity index (χ2n) is 9.28. The molecule has 1 aromatic carbocycles. The Morgan fingerprint density at radius 3 is 2.41 bits per heavy atom. The standard InChI is InChI=1S/C24H34N6OS/c1-19(22(31)28-16-14-27(15-17-28)18-20-8-4-2-5-9-20)32-24-26-25-23(30(24)21-10-11-21)29-12-6-3-7-13-29/h2,4-5,8-9,19,21H,3,6-7,10-18H2,1H3. The van der Waals surface area contributed by atoms with Gasteiger partial charge in [-0.2, -0.15) is 0 Å². The van der Waals surface area contributed by atoms with Crippen molar-refractivity contribution in [3.8, 4) is 0 Å². The minimum absolute atomic E-state index is 0.147. The van der Waals surface area contributed by atoms with E-state index in [4.69, 9.17) is 0 Å². The van der Waals surface area contributed by atoms with Crippen LogP contribution in [0.4, 0.5) is 5.95 Å². The molecule has 1 aliphatic carbocycles. The van der Waals surface area contributed by atoms with Crippen molar-refractivity contribution in [2.24, 2.45) is 0 Å². The maximum Gasteiger partial charge on any atom is 0.235 e. The van der Waals surface area contributed by atoms with E-state index in [1.165, 1.54) is 37.7 Å². The number of aromatic nitrogens is 3. The van der Waals surface area contributed by atoms with E-state index in [2.05, 4.69) is 54.9 Å². The third kappa shape index (κ3) is 4.96. The van der Waals surface area contributed by atoms with Crippen molar-refractivity contribution >= 4 is 23.6 Å². The van der Waals surface area contributed by atoms with E-state index in [-0.39, 0.29) is 11.2 Å². The molecule has 8 heteroatoms. The quantitative estimate of drug-likeness (QED) is 0.598. The number of benzene rings is 1. The average molecular weight is 455 g/mol. The summed E-state index contributed by atoms with van der Waals surface area (Å²) >= 11 is 1.59. The van der Waals surface area contributed by atoms with E-state index in [0.29, 0.717) is 6.04 Å². The van der Waals surface area contributed by atoms with Gasteiger partial charge in [-0.15, -0.1) is 10.2 Å². The van der Waals surface area contributed by atoms with Gasteiger partial charge in [0.15, 0.2) is 5.16 Å². The second-order valence-corrected chi connectivity index (χ2v) is 10.6. The summed E-state index contributed by atoms with van der Waals surface area (Å²) in [6, 6.07) is 11.1. The van der Waals surface area contributed by atoms with Crippen LogP contribution in [0.5, 0.6) is 0 Å². The van der Waals surface area contributed by atoms with E-state index in [1.807, 2.05) is 11.8 Å². The second kappa shape index (κ2) is 9.83. The summed E-state index contributed by atoms with van der Waals surface area (Å²) in [5.41, 5.74) is 1.33. The van der Waals surface area contributed by atoms with E-state index in [1.54, 1.807) is 11.8 Å². The zero-order valence-corrected chi connectivity index (χ0v) is 19.8. The minimum Gasteiger partial charge on any atom is -0.341 e. The minimum atomic E-state index is -0.147. The van der Waals surface area contributed by atoms with Crippen LogP contribution >= 0.6 is 11.8 Å². The van der Waals surface area contributed by atoms with Crippen molar-refractivity contribution in [3.05, 3.63) is 35.9 Å². The van der Waals surface area contributed by atoms with Crippen LogP contribution in [-0.4, -0.2) is 75.0 Å². The van der Waals surface area contributed by atoms with Gasteiger partial charge in [0.2, 0.25) is 11.9 Å². The molecule has 1 atom stereocenters. The molecule has 172 valence electrons. The van der Waals surface area contributed by atoms with Crippen LogP contribution in [0.1, 0.15) is 50.6 Å². The van der Waals surface area contributed by atoms with Crippen LogP contribution in [0.3, 0.4) is 0 Å². The summed E-state index contributed by atoms with van der Waals surface area (Å²) in [5, 5.41) is 9.86. The Morgan fingerprint density at radius 2 is 1.72 bits per heavy atom. The molecule has 1 amide bonds. The van der Waals surface area contributed by atoms with Crippen LogP contribution in [0.2, 0.25) is 0 Å². The first kappa shape index (κ1) is 21.8. The zero-order chi connectivity index (χ0) is 21.9. The molecular weight excluding hydrogens is 420 g/mol. The van der Waals surface area contributed by atoms with Gasteiger partial charge in [-0.3, -0.25) is 14.3 Å². The molecule has 32 heavy (non-hydrogen) atoms. The molecular formula is C24H34N6OS. The summed E-state index contributed by atoms with van der Waals surface area (Å²) < 4.78 is 2.32. The van der Waals surface area contributed by atoms with Gasteiger partial charge in [0.1, 0.15) is 0 Å². The van der Waals surface area contributed by atoms with E-state index in [9.17, 15) is 4.79 Å². The summed E-state index contributed by atoms with van der Waals surface area (Å²) in [7, 11) is 0. The molecule has 0 N–H and O–H groups in total. The van der Waals surface area contributed by atoms with Crippen LogP contribution in [0.15, 0.2) is 35.5 Å². The first-order valence-electron chi connectivity index (χ1n) is 12.1. The number of piperidine rings is 1. The number of nitrogens with zero attached hydrogens (tertiary/aromatic N) is 6. The first-order valence-corrected chi connectivity index (χ1v) is 13.0. The van der Waals surface area contributed by atoms with Crippen molar-refractivity contribution in [1.29, 1.82) is 0 Å². The van der Waals surface area contributed by atoms with Crippen LogP contribution < -0.4 is 4.90 Å². The fourth-order valence-corrected chi connectivity index (χ4v) is 5.74. The molecule has 0 radical (unpaired) electrons. The van der Waals surface area contributed by atoms with Gasteiger partial charge in [-0.25, -0.2) is 0 Å². The molecule has 1 saturated carbocycles. The lowest BCUT2D eigenvalue weighted by molar-refractivity contribution is -0.132. The SMILES string of the molecule is CC(Sc1nnc(N2CCCCC2)n1C1CC1)C(=O)N1CCN(Cc2ccccc2)CC1. The topological polar surface area (TPSA) is 57.5 Å². The van der Waals surface area contributed by atoms with Crippen molar-refractivity contribution in [1.82, 2.24) is 24.6 Å². The molecule has 3 heterocycles. The maximum absolute atomic E-state index is 13.2. The Balaban J connectivity index is 1.18. The molecule has 0 bridgehead atoms. The van der Waals surface area contributed by atoms with Gasteiger partial charge in [-0.05, 0) is 44.6 Å². The Kier molecular flexibility index (Phi) is 6.69. The molecule has 2 saturated heterocycles. The number of carbonyl (C=O) groups is 1. The van der Waals surface area contributed by atoms with Crippen molar-refractivity contribution < 1.29 is 4.79 Å². The number of anilines is 1. The number of amides is 1. The Hall–Kier alpha value is -2.06. The smallest absolute Gasteiger partial charge is 0.235 e. The average Bonchev–Trinajstić information content (AvgIpc) is 3.60. The largest absolute Gasteiger partial charge is 0.341 e. The molecule has 3 fully saturated rings. The van der Waals surface area contributed by atoms with Crippen LogP contribution in [0.25, 0.3) is 0 Å². The number of piperazine rings is 1. The fraction of sp³-hybridized carbons (Fsp3) is 0.625. The van der Waals surface area contributed by atoms with Gasteiger partial charge in [-0.1, -0.05) is 42.1 Å². The number of carbonyl (C=O) groups excluding carboxylic acids is 1. The summed E-state index contributed by atoms with van der Waals surface area (Å²) in [6.45, 7) is 8.56. The lowest BCUT2D eigenvalue weighted by Crippen LogP contribution is -2.50. The highest BCUT2D eigenvalue weighted by Gasteiger charge is 2.34. The molecule has 1 aromatic heterocycles. The molecule has 7 nitrogen and oxygen atoms in total. The summed E-state index contributed by atoms with van der Waals surface area (Å²) in [5.74, 6) is 1.24. The number of thioether (sulfide) groups is 1. The summed E-state index contributed by atoms with van der Waals surface area (Å²) in [4.78, 5) is 20.0. The van der Waals surface area contributed by atoms with Crippen molar-refractivity contribution in [2.75, 3.05) is 44.2 Å². The molecule has 3 aliphatic rings. The lowest BCUT2D eigenvalue weighted by Gasteiger charge is -2.35. The third-order valence-corrected chi connectivity index (χ3v) is 7.80. The highest BCUT2D eigenvalue weighted by Crippen LogP contribution is 2.42. The maximum atomic E-state index is 13.2. The van der Waals surface area contributed by atoms with Gasteiger partial charge in [0.05, 0.1) is 5.25 Å². The van der Waals surface area contributed by atoms with Gasteiger partial charge < -0.3 is 9.80 Å². The van der Waals surface area contributed by atoms with Gasteiger partial charge in [0, 0.05) is 51.9 Å². The molecule has 2 aromatic rings. The van der Waals surface area contributed by atoms with Gasteiger partial charge >= 0.3 is 0 Å². The monoisotopic (exact) mass is 454 g/mol. The predicted molar refractivity (Wildman–Crippen MR) is 128 cm³/mol. The lowest BCUT2D eigenvalue weighted by atomic mass is 10.1. The van der Waals surface area contributed by atoms with Crippen LogP contribution in [0, 0.1) is 0 Å². The van der Waals surface area contributed by atoms with Crippen LogP contribution in [-0.2, 0) is 11.3 Å². The van der Waals surface area contributed by atoms with E-state index < -0.39 is 0 Å². The molecule has 2 aliphatic heterocycles. The zero-order valence-electron chi connectivity index (χ0n) is 19.0. The highest BCUT2D eigenvalue weighted by atomic mass is 32.2. The Labute approximate surface area is 195 Å². The van der Waals surface area contributed by atoms with Gasteiger partial charge in [0.25, 0.3) is 0 Å². The number of hydrogen-bond acceptors (Lipinski definition) is 6. The van der Waals surface area contributed by atoms with E-state index >= 15 is 0 Å². The molecule has 5 rings (SSSR count). The third-order valence-electron chi connectivity index (χ3n) is 6.76. The molecule has 1 unspecified atom stereocenters. The molecule has 0 spiro atoms. The number of hydrogen-bond donors (Lipinski definition) is 0. The Morgan fingerprint density at radius 1 is 1.00 bits per heavy atom. The van der Waals surface area contributed by atoms with E-state index in [0.717, 1.165) is 56.9 Å². The summed E-state index contributed by atoms with van der Waals surface area (Å²) in [6.07, 6.45) is 6.15. The predicted octanol–water partition coefficient (Wildman–Crippen LogP) is 3.43. The fourth-order valence-electron chi connectivity index (χ4n) is 4.75. The highest BCUT2D eigenvalue weighted by molar-refractivity contribution is 8.00. The normalized spacial score (nSPS) is 21.0. The first-order chi connectivity index (χ1) is 15.7.